The van der Waals surface area contributed by atoms with Crippen LogP contribution in [-0.2, 0) is 31.4 Å². The van der Waals surface area contributed by atoms with Gasteiger partial charge in [0.1, 0.15) is 5.75 Å². The van der Waals surface area contributed by atoms with Gasteiger partial charge in [-0.05, 0) is 61.3 Å². The Hall–Kier alpha value is -2.67. The molecular formula is C24H35N3O7S2. The number of carbonyl (C=O) groups excluding carboxylic acids is 1. The highest BCUT2D eigenvalue weighted by Gasteiger charge is 2.26. The molecule has 200 valence electrons. The summed E-state index contributed by atoms with van der Waals surface area (Å²) in [5.41, 5.74) is 2.25. The van der Waals surface area contributed by atoms with Crippen LogP contribution in [0.4, 0.5) is 5.69 Å². The van der Waals surface area contributed by atoms with Crippen LogP contribution < -0.4 is 9.46 Å². The highest BCUT2D eigenvalue weighted by Crippen LogP contribution is 2.27. The van der Waals surface area contributed by atoms with Gasteiger partial charge in [-0.1, -0.05) is 24.3 Å². The number of anilines is 1. The van der Waals surface area contributed by atoms with Gasteiger partial charge in [-0.25, -0.2) is 8.42 Å². The van der Waals surface area contributed by atoms with Crippen molar-refractivity contribution in [3.05, 3.63) is 59.7 Å². The predicted octanol–water partition coefficient (Wildman–Crippen LogP) is 2.41. The molecule has 1 unspecified atom stereocenters. The maximum Gasteiger partial charge on any atom is 0.261 e. The molecule has 1 saturated heterocycles. The summed E-state index contributed by atoms with van der Waals surface area (Å²) in [5, 5.41) is 0. The number of nitrogens with zero attached hydrogens (tertiary/aromatic N) is 2. The van der Waals surface area contributed by atoms with E-state index in [1.807, 2.05) is 37.4 Å². The number of benzene rings is 2. The van der Waals surface area contributed by atoms with Crippen molar-refractivity contribution in [3.63, 3.8) is 0 Å². The van der Waals surface area contributed by atoms with E-state index in [1.165, 1.54) is 12.8 Å². The van der Waals surface area contributed by atoms with Crippen molar-refractivity contribution in [2.75, 3.05) is 51.0 Å². The summed E-state index contributed by atoms with van der Waals surface area (Å²) in [6.45, 7) is 2.86. The number of rotatable bonds is 9. The second kappa shape index (κ2) is 13.0. The lowest BCUT2D eigenvalue weighted by molar-refractivity contribution is -0.131. The molecule has 2 aromatic rings. The number of hydrogen-bond acceptors (Lipinski definition) is 7. The molecule has 3 rings (SSSR count). The number of hydrogen-bond donors (Lipinski definition) is 2. The maximum atomic E-state index is 13.2. The van der Waals surface area contributed by atoms with Gasteiger partial charge >= 0.3 is 0 Å². The van der Waals surface area contributed by atoms with E-state index in [0.717, 1.165) is 42.8 Å². The molecule has 0 aliphatic carbocycles. The second-order valence-corrected chi connectivity index (χ2v) is 12.0. The van der Waals surface area contributed by atoms with E-state index in [0.29, 0.717) is 11.9 Å². The zero-order chi connectivity index (χ0) is 26.9. The Morgan fingerprint density at radius 1 is 1.08 bits per heavy atom. The first kappa shape index (κ1) is 29.6. The third-order valence-electron chi connectivity index (χ3n) is 5.55. The molecule has 2 N–H and O–H groups in total. The fraction of sp³-hybridized carbons (Fsp3) is 0.458. The number of ether oxygens (including phenoxy) is 1. The molecule has 1 fully saturated rings. The van der Waals surface area contributed by atoms with E-state index in [-0.39, 0.29) is 18.4 Å². The van der Waals surface area contributed by atoms with Gasteiger partial charge in [0.2, 0.25) is 15.9 Å². The third-order valence-corrected chi connectivity index (χ3v) is 6.16. The first-order valence-electron chi connectivity index (χ1n) is 11.4. The molecule has 36 heavy (non-hydrogen) atoms. The number of likely N-dealkylation sites (N-methyl/N-ethyl adjacent to an activating group) is 1. The summed E-state index contributed by atoms with van der Waals surface area (Å²) in [4.78, 5) is 17.4. The smallest absolute Gasteiger partial charge is 0.261 e. The molecule has 0 radical (unpaired) electrons. The molecule has 0 spiro atoms. The van der Waals surface area contributed by atoms with E-state index >= 15 is 0 Å². The minimum Gasteiger partial charge on any atom is -0.497 e. The Morgan fingerprint density at radius 3 is 2.28 bits per heavy atom. The van der Waals surface area contributed by atoms with Crippen molar-refractivity contribution in [2.24, 2.45) is 0 Å². The summed E-state index contributed by atoms with van der Waals surface area (Å²) in [7, 11) is -3.56. The number of amides is 1. The van der Waals surface area contributed by atoms with E-state index in [4.69, 9.17) is 9.29 Å². The number of methoxy groups -OCH3 is 1. The van der Waals surface area contributed by atoms with Crippen molar-refractivity contribution in [3.8, 4) is 5.75 Å². The van der Waals surface area contributed by atoms with Gasteiger partial charge < -0.3 is 14.5 Å². The van der Waals surface area contributed by atoms with E-state index in [2.05, 4.69) is 9.62 Å². The van der Waals surface area contributed by atoms with Crippen LogP contribution in [0.25, 0.3) is 0 Å². The highest BCUT2D eigenvalue weighted by atomic mass is 32.2. The van der Waals surface area contributed by atoms with Gasteiger partial charge in [-0.2, -0.15) is 8.42 Å². The average Bonchev–Trinajstić information content (AvgIpc) is 3.28. The van der Waals surface area contributed by atoms with Crippen molar-refractivity contribution in [2.45, 2.75) is 25.3 Å². The van der Waals surface area contributed by atoms with Gasteiger partial charge in [0.05, 0.1) is 32.1 Å². The number of nitrogens with one attached hydrogen (secondary N) is 1. The normalized spacial score (nSPS) is 14.9. The summed E-state index contributed by atoms with van der Waals surface area (Å²) >= 11 is 0. The summed E-state index contributed by atoms with van der Waals surface area (Å²) in [5.74, 6) is 0.743. The zero-order valence-corrected chi connectivity index (χ0v) is 22.7. The van der Waals surface area contributed by atoms with E-state index in [1.54, 1.807) is 30.2 Å². The first-order chi connectivity index (χ1) is 16.7. The SMILES string of the molecule is COc1cccc(C(CN2CCCC2)N(C)C(=O)Cc2cccc(NS(C)(=O)=O)c2)c1.CS(=O)(=O)O. The summed E-state index contributed by atoms with van der Waals surface area (Å²) < 4.78 is 56.7. The van der Waals surface area contributed by atoms with Gasteiger partial charge in [0.25, 0.3) is 10.1 Å². The van der Waals surface area contributed by atoms with Crippen LogP contribution in [0.5, 0.6) is 5.75 Å². The van der Waals surface area contributed by atoms with Crippen LogP contribution in [-0.4, -0.2) is 83.4 Å². The van der Waals surface area contributed by atoms with Crippen molar-refractivity contribution in [1.29, 1.82) is 0 Å². The third kappa shape index (κ3) is 10.9. The number of sulfonamides is 1. The molecule has 0 bridgehead atoms. The monoisotopic (exact) mass is 541 g/mol. The minimum atomic E-state index is -3.67. The quantitative estimate of drug-likeness (QED) is 0.463. The second-order valence-electron chi connectivity index (χ2n) is 8.79. The summed E-state index contributed by atoms with van der Waals surface area (Å²) in [6, 6.07) is 14.7. The Morgan fingerprint density at radius 2 is 1.69 bits per heavy atom. The summed E-state index contributed by atoms with van der Waals surface area (Å²) in [6.07, 6.45) is 4.38. The van der Waals surface area contributed by atoms with Gasteiger partial charge in [0.15, 0.2) is 0 Å². The fourth-order valence-corrected chi connectivity index (χ4v) is 4.50. The Labute approximate surface area is 214 Å². The van der Waals surface area contributed by atoms with Crippen LogP contribution in [0.15, 0.2) is 48.5 Å². The standard InChI is InChI=1S/C23H31N3O4S.CH4O3S/c1-25(23(27)15-18-8-6-10-20(14-18)24-31(3,28)29)22(17-26-12-4-5-13-26)19-9-7-11-21(16-19)30-2;1-5(2,3)4/h6-11,14,16,22,24H,4-5,12-13,15,17H2,1-3H3;1H3,(H,2,3,4). The molecule has 10 nitrogen and oxygen atoms in total. The topological polar surface area (TPSA) is 133 Å². The molecule has 0 saturated carbocycles. The van der Waals surface area contributed by atoms with E-state index < -0.39 is 20.1 Å². The number of likely N-dealkylation sites (tertiary alicyclic amines) is 1. The van der Waals surface area contributed by atoms with Crippen LogP contribution in [0.3, 0.4) is 0 Å². The molecule has 1 aliphatic rings. The van der Waals surface area contributed by atoms with Crippen molar-refractivity contribution < 1.29 is 30.9 Å². The molecule has 1 atom stereocenters. The lowest BCUT2D eigenvalue weighted by Crippen LogP contribution is -2.39. The number of carbonyl (C=O) groups is 1. The molecule has 1 aliphatic heterocycles. The lowest BCUT2D eigenvalue weighted by atomic mass is 10.0. The Balaban J connectivity index is 0.000000830. The molecule has 0 aromatic heterocycles. The average molecular weight is 542 g/mol. The molecule has 1 heterocycles. The predicted molar refractivity (Wildman–Crippen MR) is 140 cm³/mol. The van der Waals surface area contributed by atoms with Crippen LogP contribution >= 0.6 is 0 Å². The van der Waals surface area contributed by atoms with E-state index in [9.17, 15) is 21.6 Å². The fourth-order valence-electron chi connectivity index (χ4n) is 3.94. The van der Waals surface area contributed by atoms with Gasteiger partial charge in [0, 0.05) is 19.3 Å². The van der Waals surface area contributed by atoms with Crippen LogP contribution in [0.2, 0.25) is 0 Å². The zero-order valence-electron chi connectivity index (χ0n) is 21.0. The molecule has 2 aromatic carbocycles. The largest absolute Gasteiger partial charge is 0.497 e. The van der Waals surface area contributed by atoms with Crippen LogP contribution in [0.1, 0.15) is 30.0 Å². The molecule has 12 heteroatoms. The first-order valence-corrected chi connectivity index (χ1v) is 15.1. The van der Waals surface area contributed by atoms with Crippen molar-refractivity contribution >= 4 is 31.7 Å². The lowest BCUT2D eigenvalue weighted by Gasteiger charge is -2.32. The minimum absolute atomic E-state index is 0.0245. The Kier molecular flexibility index (Phi) is 10.7. The van der Waals surface area contributed by atoms with Crippen LogP contribution in [0, 0.1) is 0 Å². The highest BCUT2D eigenvalue weighted by molar-refractivity contribution is 7.92. The van der Waals surface area contributed by atoms with Gasteiger partial charge in [-0.3, -0.25) is 14.1 Å². The van der Waals surface area contributed by atoms with Crippen molar-refractivity contribution in [1.82, 2.24) is 9.80 Å². The van der Waals surface area contributed by atoms with Gasteiger partial charge in [-0.15, -0.1) is 0 Å². The maximum absolute atomic E-state index is 13.2. The molecular weight excluding hydrogens is 506 g/mol. The Bertz CT molecular complexity index is 1220. The molecule has 1 amide bonds.